The summed E-state index contributed by atoms with van der Waals surface area (Å²) in [5.41, 5.74) is 2.44. The Morgan fingerprint density at radius 3 is 2.22 bits per heavy atom. The summed E-state index contributed by atoms with van der Waals surface area (Å²) in [6.07, 6.45) is 11.4. The molecule has 0 saturated carbocycles. The fourth-order valence-electron chi connectivity index (χ4n) is 4.28. The Kier molecular flexibility index (Phi) is 15.4. The monoisotopic (exact) mass is 446 g/mol. The summed E-state index contributed by atoms with van der Waals surface area (Å²) in [7, 11) is 3.55. The molecule has 4 heteroatoms. The van der Waals surface area contributed by atoms with Crippen molar-refractivity contribution in [2.24, 2.45) is 5.92 Å². The standard InChI is InChI=1S/C28H50N2O2/c1-7-8-9-10-11-15-19-27(28(4,31-5)32-6)20-16-21-29-22-23-30(25(2)3)24-26-17-13-12-14-18-26/h12-14,17-18,27,29H,2,7-11,15-16,19-24H2,1,3-6H3. The van der Waals surface area contributed by atoms with Crippen LogP contribution in [0, 0.1) is 5.92 Å². The van der Waals surface area contributed by atoms with Crippen molar-refractivity contribution < 1.29 is 9.47 Å². The molecule has 1 N–H and O–H groups in total. The van der Waals surface area contributed by atoms with Crippen molar-refractivity contribution in [3.63, 3.8) is 0 Å². The Labute approximate surface area is 198 Å². The van der Waals surface area contributed by atoms with Gasteiger partial charge >= 0.3 is 0 Å². The third kappa shape index (κ3) is 11.5. The minimum absolute atomic E-state index is 0.426. The predicted octanol–water partition coefficient (Wildman–Crippen LogP) is 6.77. The average molecular weight is 447 g/mol. The van der Waals surface area contributed by atoms with Gasteiger partial charge in [0.1, 0.15) is 0 Å². The molecule has 0 aliphatic rings. The number of nitrogens with one attached hydrogen (secondary N) is 1. The van der Waals surface area contributed by atoms with Crippen molar-refractivity contribution in [2.75, 3.05) is 33.9 Å². The van der Waals surface area contributed by atoms with Gasteiger partial charge in [0.05, 0.1) is 0 Å². The molecule has 32 heavy (non-hydrogen) atoms. The van der Waals surface area contributed by atoms with E-state index in [1.165, 1.54) is 50.5 Å². The van der Waals surface area contributed by atoms with Crippen LogP contribution in [-0.4, -0.2) is 44.5 Å². The molecule has 184 valence electrons. The number of unbranched alkanes of at least 4 members (excludes halogenated alkanes) is 5. The normalized spacial score (nSPS) is 12.7. The van der Waals surface area contributed by atoms with Gasteiger partial charge in [0.15, 0.2) is 5.79 Å². The van der Waals surface area contributed by atoms with Gasteiger partial charge in [-0.2, -0.15) is 0 Å². The van der Waals surface area contributed by atoms with E-state index in [1.807, 2.05) is 0 Å². The lowest BCUT2D eigenvalue weighted by Crippen LogP contribution is -2.39. The van der Waals surface area contributed by atoms with E-state index in [1.54, 1.807) is 14.2 Å². The van der Waals surface area contributed by atoms with Crippen LogP contribution in [0.2, 0.25) is 0 Å². The largest absolute Gasteiger partial charge is 0.370 e. The summed E-state index contributed by atoms with van der Waals surface area (Å²) in [4.78, 5) is 2.34. The Morgan fingerprint density at radius 2 is 1.59 bits per heavy atom. The Balaban J connectivity index is 2.36. The van der Waals surface area contributed by atoms with Gasteiger partial charge in [0.2, 0.25) is 0 Å². The molecule has 0 radical (unpaired) electrons. The molecule has 1 atom stereocenters. The van der Waals surface area contributed by atoms with Crippen molar-refractivity contribution in [3.05, 3.63) is 48.2 Å². The van der Waals surface area contributed by atoms with Crippen LogP contribution < -0.4 is 5.32 Å². The minimum atomic E-state index is -0.490. The maximum Gasteiger partial charge on any atom is 0.167 e. The highest BCUT2D eigenvalue weighted by atomic mass is 16.7. The molecule has 0 aliphatic carbocycles. The van der Waals surface area contributed by atoms with Crippen LogP contribution >= 0.6 is 0 Å². The average Bonchev–Trinajstić information content (AvgIpc) is 2.81. The Morgan fingerprint density at radius 1 is 0.969 bits per heavy atom. The zero-order valence-electron chi connectivity index (χ0n) is 21.6. The van der Waals surface area contributed by atoms with Crippen molar-refractivity contribution in [1.29, 1.82) is 0 Å². The van der Waals surface area contributed by atoms with Crippen LogP contribution in [0.4, 0.5) is 0 Å². The quantitative estimate of drug-likeness (QED) is 0.177. The number of hydrogen-bond donors (Lipinski definition) is 1. The number of ether oxygens (including phenoxy) is 2. The van der Waals surface area contributed by atoms with E-state index in [-0.39, 0.29) is 0 Å². The van der Waals surface area contributed by atoms with Gasteiger partial charge in [0.25, 0.3) is 0 Å². The van der Waals surface area contributed by atoms with Crippen molar-refractivity contribution in [3.8, 4) is 0 Å². The molecule has 0 aromatic heterocycles. The summed E-state index contributed by atoms with van der Waals surface area (Å²) in [5.74, 6) is -0.0639. The van der Waals surface area contributed by atoms with E-state index in [9.17, 15) is 0 Å². The highest BCUT2D eigenvalue weighted by molar-refractivity contribution is 5.15. The summed E-state index contributed by atoms with van der Waals surface area (Å²) >= 11 is 0. The van der Waals surface area contributed by atoms with Gasteiger partial charge in [-0.15, -0.1) is 0 Å². The summed E-state index contributed by atoms with van der Waals surface area (Å²) in [6, 6.07) is 10.6. The van der Waals surface area contributed by atoms with E-state index < -0.39 is 5.79 Å². The van der Waals surface area contributed by atoms with Crippen molar-refractivity contribution >= 4 is 0 Å². The van der Waals surface area contributed by atoms with E-state index in [4.69, 9.17) is 9.47 Å². The van der Waals surface area contributed by atoms with Gasteiger partial charge in [-0.1, -0.05) is 82.4 Å². The second-order valence-electron chi connectivity index (χ2n) is 9.21. The molecule has 0 bridgehead atoms. The van der Waals surface area contributed by atoms with Crippen LogP contribution in [0.25, 0.3) is 0 Å². The molecule has 4 nitrogen and oxygen atoms in total. The Bertz CT molecular complexity index is 586. The molecule has 0 saturated heterocycles. The van der Waals surface area contributed by atoms with Gasteiger partial charge in [-0.05, 0) is 45.2 Å². The molecule has 0 fully saturated rings. The van der Waals surface area contributed by atoms with E-state index >= 15 is 0 Å². The van der Waals surface area contributed by atoms with E-state index in [0.29, 0.717) is 5.92 Å². The van der Waals surface area contributed by atoms with Gasteiger partial charge in [-0.25, -0.2) is 0 Å². The third-order valence-corrected chi connectivity index (χ3v) is 6.68. The lowest BCUT2D eigenvalue weighted by molar-refractivity contribution is -0.230. The Hall–Kier alpha value is -1.36. The highest BCUT2D eigenvalue weighted by Crippen LogP contribution is 2.31. The number of hydrogen-bond acceptors (Lipinski definition) is 4. The summed E-state index contributed by atoms with van der Waals surface area (Å²) < 4.78 is 11.6. The molecule has 1 aromatic carbocycles. The lowest BCUT2D eigenvalue weighted by atomic mass is 9.88. The summed E-state index contributed by atoms with van der Waals surface area (Å²) in [6.45, 7) is 14.5. The molecule has 1 aromatic rings. The molecule has 0 amide bonds. The first kappa shape index (κ1) is 28.7. The zero-order chi connectivity index (χ0) is 23.7. The molecule has 0 spiro atoms. The van der Waals surface area contributed by atoms with E-state index in [0.717, 1.165) is 44.7 Å². The third-order valence-electron chi connectivity index (χ3n) is 6.68. The second kappa shape index (κ2) is 17.2. The molecule has 0 aliphatic heterocycles. The number of allylic oxidation sites excluding steroid dienone is 1. The molecule has 1 unspecified atom stereocenters. The minimum Gasteiger partial charge on any atom is -0.370 e. The fraction of sp³-hybridized carbons (Fsp3) is 0.714. The van der Waals surface area contributed by atoms with Gasteiger partial charge in [-0.3, -0.25) is 0 Å². The molecular formula is C28H50N2O2. The van der Waals surface area contributed by atoms with Crippen LogP contribution in [0.3, 0.4) is 0 Å². The van der Waals surface area contributed by atoms with Crippen molar-refractivity contribution in [1.82, 2.24) is 10.2 Å². The maximum atomic E-state index is 5.78. The molecule has 1 rings (SSSR count). The van der Waals surface area contributed by atoms with Crippen molar-refractivity contribution in [2.45, 2.75) is 90.9 Å². The predicted molar refractivity (Wildman–Crippen MR) is 138 cm³/mol. The molecular weight excluding hydrogens is 396 g/mol. The highest BCUT2D eigenvalue weighted by Gasteiger charge is 2.33. The van der Waals surface area contributed by atoms with Crippen LogP contribution in [-0.2, 0) is 16.0 Å². The SMILES string of the molecule is C=C(C)N(CCNCCCC(CCCCCCCC)C(C)(OC)OC)Cc1ccccc1. The lowest BCUT2D eigenvalue weighted by Gasteiger charge is -2.35. The zero-order valence-corrected chi connectivity index (χ0v) is 21.6. The smallest absolute Gasteiger partial charge is 0.167 e. The molecule has 0 heterocycles. The van der Waals surface area contributed by atoms with Crippen LogP contribution in [0.15, 0.2) is 42.6 Å². The number of rotatable bonds is 20. The number of nitrogens with zero attached hydrogens (tertiary/aromatic N) is 1. The van der Waals surface area contributed by atoms with Crippen LogP contribution in [0.5, 0.6) is 0 Å². The maximum absolute atomic E-state index is 5.78. The second-order valence-corrected chi connectivity index (χ2v) is 9.21. The van der Waals surface area contributed by atoms with E-state index in [2.05, 4.69) is 67.9 Å². The fourth-order valence-corrected chi connectivity index (χ4v) is 4.28. The summed E-state index contributed by atoms with van der Waals surface area (Å²) in [5, 5.41) is 3.63. The first-order valence-electron chi connectivity index (χ1n) is 12.7. The first-order chi connectivity index (χ1) is 15.5. The first-order valence-corrected chi connectivity index (χ1v) is 12.7. The topological polar surface area (TPSA) is 33.7 Å². The number of methoxy groups -OCH3 is 2. The van der Waals surface area contributed by atoms with Gasteiger partial charge in [0, 0.05) is 45.5 Å². The van der Waals surface area contributed by atoms with Crippen LogP contribution in [0.1, 0.15) is 84.1 Å². The number of benzene rings is 1. The van der Waals surface area contributed by atoms with Gasteiger partial charge < -0.3 is 19.7 Å².